The van der Waals surface area contributed by atoms with Crippen LogP contribution in [-0.2, 0) is 9.59 Å². The van der Waals surface area contributed by atoms with Crippen LogP contribution < -0.4 is 10.6 Å². The van der Waals surface area contributed by atoms with Gasteiger partial charge in [-0.15, -0.1) is 0 Å². The average molecular weight is 228 g/mol. The summed E-state index contributed by atoms with van der Waals surface area (Å²) < 4.78 is 0. The zero-order chi connectivity index (χ0) is 12.1. The molecule has 92 valence electrons. The molecule has 2 amide bonds. The van der Waals surface area contributed by atoms with Gasteiger partial charge in [0.15, 0.2) is 0 Å². The highest BCUT2D eigenvalue weighted by Gasteiger charge is 2.28. The van der Waals surface area contributed by atoms with E-state index in [1.54, 1.807) is 0 Å². The highest BCUT2D eigenvalue weighted by atomic mass is 16.3. The number of aliphatic hydroxyl groups is 1. The second-order valence-corrected chi connectivity index (χ2v) is 4.68. The van der Waals surface area contributed by atoms with Crippen molar-refractivity contribution in [3.05, 3.63) is 0 Å². The van der Waals surface area contributed by atoms with Crippen molar-refractivity contribution in [2.45, 2.75) is 45.2 Å². The van der Waals surface area contributed by atoms with E-state index in [0.717, 1.165) is 6.42 Å². The summed E-state index contributed by atoms with van der Waals surface area (Å²) in [5.41, 5.74) is 0. The minimum Gasteiger partial charge on any atom is -0.394 e. The molecule has 0 saturated carbocycles. The van der Waals surface area contributed by atoms with Crippen LogP contribution in [0.3, 0.4) is 0 Å². The van der Waals surface area contributed by atoms with Gasteiger partial charge in [0.25, 0.3) is 0 Å². The lowest BCUT2D eigenvalue weighted by Gasteiger charge is -2.20. The fraction of sp³-hybridized carbons (Fsp3) is 0.818. The Kier molecular flexibility index (Phi) is 4.73. The van der Waals surface area contributed by atoms with Crippen LogP contribution in [0, 0.1) is 5.92 Å². The Balaban J connectivity index is 2.39. The van der Waals surface area contributed by atoms with Gasteiger partial charge in [-0.25, -0.2) is 0 Å². The first-order valence-corrected chi connectivity index (χ1v) is 5.73. The predicted molar refractivity (Wildman–Crippen MR) is 59.6 cm³/mol. The Morgan fingerprint density at radius 2 is 2.31 bits per heavy atom. The number of hydrogen-bond donors (Lipinski definition) is 3. The molecule has 2 atom stereocenters. The van der Waals surface area contributed by atoms with Gasteiger partial charge in [0, 0.05) is 6.42 Å². The third-order valence-corrected chi connectivity index (χ3v) is 2.63. The van der Waals surface area contributed by atoms with Crippen LogP contribution in [0.2, 0.25) is 0 Å². The van der Waals surface area contributed by atoms with Crippen LogP contribution in [0.5, 0.6) is 0 Å². The molecule has 16 heavy (non-hydrogen) atoms. The van der Waals surface area contributed by atoms with Gasteiger partial charge in [-0.3, -0.25) is 9.59 Å². The van der Waals surface area contributed by atoms with Gasteiger partial charge in [-0.2, -0.15) is 0 Å². The summed E-state index contributed by atoms with van der Waals surface area (Å²) in [4.78, 5) is 22.7. The number of aliphatic hydroxyl groups excluding tert-OH is 1. The Morgan fingerprint density at radius 1 is 1.62 bits per heavy atom. The number of carbonyl (C=O) groups excluding carboxylic acids is 2. The van der Waals surface area contributed by atoms with Crippen LogP contribution in [0.4, 0.5) is 0 Å². The first kappa shape index (κ1) is 13.0. The standard InChI is InChI=1S/C11H20N2O3/c1-7(2)5-8(6-14)12-11(16)9-3-4-10(15)13-9/h7-9,14H,3-6H2,1-2H3,(H,12,16)(H,13,15)/t8?,9-/m1/s1. The summed E-state index contributed by atoms with van der Waals surface area (Å²) in [7, 11) is 0. The minimum absolute atomic E-state index is 0.0649. The molecule has 5 nitrogen and oxygen atoms in total. The monoisotopic (exact) mass is 228 g/mol. The number of rotatable bonds is 5. The van der Waals surface area contributed by atoms with Gasteiger partial charge in [-0.05, 0) is 18.8 Å². The maximum atomic E-state index is 11.7. The molecular weight excluding hydrogens is 208 g/mol. The topological polar surface area (TPSA) is 78.4 Å². The number of amides is 2. The Bertz CT molecular complexity index is 266. The Morgan fingerprint density at radius 3 is 2.75 bits per heavy atom. The van der Waals surface area contributed by atoms with Gasteiger partial charge in [-0.1, -0.05) is 13.8 Å². The number of hydrogen-bond acceptors (Lipinski definition) is 3. The van der Waals surface area contributed by atoms with E-state index in [1.807, 2.05) is 13.8 Å². The zero-order valence-corrected chi connectivity index (χ0v) is 9.82. The summed E-state index contributed by atoms with van der Waals surface area (Å²) in [6.07, 6.45) is 1.69. The molecule has 1 unspecified atom stereocenters. The second-order valence-electron chi connectivity index (χ2n) is 4.68. The fourth-order valence-corrected chi connectivity index (χ4v) is 1.86. The smallest absolute Gasteiger partial charge is 0.242 e. The lowest BCUT2D eigenvalue weighted by molar-refractivity contribution is -0.126. The molecule has 0 bridgehead atoms. The van der Waals surface area contributed by atoms with Gasteiger partial charge >= 0.3 is 0 Å². The van der Waals surface area contributed by atoms with Crippen LogP contribution in [0.15, 0.2) is 0 Å². The van der Waals surface area contributed by atoms with Crippen molar-refractivity contribution in [3.8, 4) is 0 Å². The van der Waals surface area contributed by atoms with Crippen LogP contribution in [-0.4, -0.2) is 35.6 Å². The average Bonchev–Trinajstić information content (AvgIpc) is 2.63. The summed E-state index contributed by atoms with van der Waals surface area (Å²) in [5, 5.41) is 14.5. The predicted octanol–water partition coefficient (Wildman–Crippen LogP) is -0.212. The molecule has 5 heteroatoms. The lowest BCUT2D eigenvalue weighted by Crippen LogP contribution is -2.47. The number of carbonyl (C=O) groups is 2. The second kappa shape index (κ2) is 5.84. The molecule has 1 fully saturated rings. The zero-order valence-electron chi connectivity index (χ0n) is 9.82. The molecule has 1 aliphatic rings. The van der Waals surface area contributed by atoms with Gasteiger partial charge in [0.1, 0.15) is 6.04 Å². The SMILES string of the molecule is CC(C)CC(CO)NC(=O)[C@H]1CCC(=O)N1. The molecule has 1 saturated heterocycles. The quantitative estimate of drug-likeness (QED) is 0.609. The van der Waals surface area contributed by atoms with E-state index in [9.17, 15) is 9.59 Å². The molecule has 0 aromatic rings. The normalized spacial score (nSPS) is 22.0. The third-order valence-electron chi connectivity index (χ3n) is 2.63. The van der Waals surface area contributed by atoms with Crippen molar-refractivity contribution >= 4 is 11.8 Å². The van der Waals surface area contributed by atoms with Gasteiger partial charge in [0.05, 0.1) is 12.6 Å². The molecule has 1 heterocycles. The fourth-order valence-electron chi connectivity index (χ4n) is 1.86. The molecule has 3 N–H and O–H groups in total. The van der Waals surface area contributed by atoms with E-state index in [4.69, 9.17) is 5.11 Å². The highest BCUT2D eigenvalue weighted by Crippen LogP contribution is 2.08. The summed E-state index contributed by atoms with van der Waals surface area (Å²) in [6.45, 7) is 4.00. The van der Waals surface area contributed by atoms with Crippen molar-refractivity contribution in [3.63, 3.8) is 0 Å². The molecule has 1 aliphatic heterocycles. The maximum absolute atomic E-state index is 11.7. The van der Waals surface area contributed by atoms with E-state index in [0.29, 0.717) is 18.8 Å². The molecule has 0 spiro atoms. The molecule has 1 rings (SSSR count). The van der Waals surface area contributed by atoms with Crippen molar-refractivity contribution < 1.29 is 14.7 Å². The van der Waals surface area contributed by atoms with Crippen LogP contribution in [0.25, 0.3) is 0 Å². The van der Waals surface area contributed by atoms with Gasteiger partial charge in [0.2, 0.25) is 11.8 Å². The van der Waals surface area contributed by atoms with E-state index in [1.165, 1.54) is 0 Å². The van der Waals surface area contributed by atoms with Crippen molar-refractivity contribution in [1.82, 2.24) is 10.6 Å². The molecule has 0 aromatic carbocycles. The highest BCUT2D eigenvalue weighted by molar-refractivity contribution is 5.90. The first-order valence-electron chi connectivity index (χ1n) is 5.73. The Hall–Kier alpha value is -1.10. The van der Waals surface area contributed by atoms with Crippen molar-refractivity contribution in [1.29, 1.82) is 0 Å². The van der Waals surface area contributed by atoms with Crippen molar-refractivity contribution in [2.75, 3.05) is 6.61 Å². The van der Waals surface area contributed by atoms with Gasteiger partial charge < -0.3 is 15.7 Å². The largest absolute Gasteiger partial charge is 0.394 e. The van der Waals surface area contributed by atoms with E-state index in [2.05, 4.69) is 10.6 Å². The number of nitrogens with one attached hydrogen (secondary N) is 2. The maximum Gasteiger partial charge on any atom is 0.242 e. The van der Waals surface area contributed by atoms with E-state index >= 15 is 0 Å². The summed E-state index contributed by atoms with van der Waals surface area (Å²) in [5.74, 6) is 0.144. The van der Waals surface area contributed by atoms with Crippen LogP contribution in [0.1, 0.15) is 33.1 Å². The molecule has 0 aromatic heterocycles. The summed E-state index contributed by atoms with van der Waals surface area (Å²) in [6, 6.07) is -0.640. The minimum atomic E-state index is -0.422. The van der Waals surface area contributed by atoms with E-state index < -0.39 is 6.04 Å². The van der Waals surface area contributed by atoms with Crippen molar-refractivity contribution in [2.24, 2.45) is 5.92 Å². The summed E-state index contributed by atoms with van der Waals surface area (Å²) >= 11 is 0. The van der Waals surface area contributed by atoms with E-state index in [-0.39, 0.29) is 24.5 Å². The Labute approximate surface area is 95.6 Å². The molecule has 0 aliphatic carbocycles. The third kappa shape index (κ3) is 3.81. The molecular formula is C11H20N2O3. The first-order chi connectivity index (χ1) is 7.52. The molecule has 0 radical (unpaired) electrons. The lowest BCUT2D eigenvalue weighted by atomic mass is 10.0. The van der Waals surface area contributed by atoms with Crippen LogP contribution >= 0.6 is 0 Å².